The molecule has 0 bridgehead atoms. The lowest BCUT2D eigenvalue weighted by atomic mass is 9.99. The molecule has 1 atom stereocenters. The Morgan fingerprint density at radius 2 is 2.39 bits per heavy atom. The van der Waals surface area contributed by atoms with Gasteiger partial charge in [-0.05, 0) is 67.3 Å². The van der Waals surface area contributed by atoms with Gasteiger partial charge in [-0.2, -0.15) is 0 Å². The van der Waals surface area contributed by atoms with Crippen LogP contribution in [0.2, 0.25) is 0 Å². The van der Waals surface area contributed by atoms with Crippen LogP contribution in [0.1, 0.15) is 35.4 Å². The lowest BCUT2D eigenvalue weighted by molar-refractivity contribution is 0.0607. The summed E-state index contributed by atoms with van der Waals surface area (Å²) in [5.41, 5.74) is 0. The Morgan fingerprint density at radius 1 is 1.56 bits per heavy atom. The summed E-state index contributed by atoms with van der Waals surface area (Å²) in [4.78, 5) is 15.4. The molecular weight excluding hydrogens is 312 g/mol. The molecule has 18 heavy (non-hydrogen) atoms. The van der Waals surface area contributed by atoms with Gasteiger partial charge in [0.1, 0.15) is 0 Å². The SMILES string of the molecule is CNCCC1CCCCN1C(=O)c1ccc(Br)s1. The van der Waals surface area contributed by atoms with Crippen molar-refractivity contribution in [3.63, 3.8) is 0 Å². The van der Waals surface area contributed by atoms with Crippen molar-refractivity contribution < 1.29 is 4.79 Å². The van der Waals surface area contributed by atoms with Crippen LogP contribution in [0.15, 0.2) is 15.9 Å². The van der Waals surface area contributed by atoms with Crippen LogP contribution in [0, 0.1) is 0 Å². The van der Waals surface area contributed by atoms with Gasteiger partial charge in [-0.25, -0.2) is 0 Å². The summed E-state index contributed by atoms with van der Waals surface area (Å²) in [6.07, 6.45) is 4.56. The van der Waals surface area contributed by atoms with E-state index in [-0.39, 0.29) is 5.91 Å². The highest BCUT2D eigenvalue weighted by Gasteiger charge is 2.27. The Balaban J connectivity index is 2.06. The topological polar surface area (TPSA) is 32.3 Å². The lowest BCUT2D eigenvalue weighted by Crippen LogP contribution is -2.44. The molecule has 5 heteroatoms. The highest BCUT2D eigenvalue weighted by atomic mass is 79.9. The molecule has 0 aliphatic carbocycles. The maximum atomic E-state index is 12.5. The van der Waals surface area contributed by atoms with Crippen molar-refractivity contribution in [2.45, 2.75) is 31.7 Å². The van der Waals surface area contributed by atoms with Gasteiger partial charge in [-0.1, -0.05) is 0 Å². The largest absolute Gasteiger partial charge is 0.335 e. The van der Waals surface area contributed by atoms with Crippen molar-refractivity contribution in [2.24, 2.45) is 0 Å². The van der Waals surface area contributed by atoms with Gasteiger partial charge in [-0.15, -0.1) is 11.3 Å². The molecule has 1 aromatic rings. The molecule has 100 valence electrons. The number of hydrogen-bond donors (Lipinski definition) is 1. The van der Waals surface area contributed by atoms with Gasteiger partial charge < -0.3 is 10.2 Å². The van der Waals surface area contributed by atoms with Crippen molar-refractivity contribution in [3.8, 4) is 0 Å². The summed E-state index contributed by atoms with van der Waals surface area (Å²) < 4.78 is 1.02. The highest BCUT2D eigenvalue weighted by Crippen LogP contribution is 2.27. The van der Waals surface area contributed by atoms with Crippen LogP contribution in [-0.4, -0.2) is 37.0 Å². The molecule has 1 aromatic heterocycles. The van der Waals surface area contributed by atoms with Gasteiger partial charge in [-0.3, -0.25) is 4.79 Å². The van der Waals surface area contributed by atoms with Gasteiger partial charge in [0, 0.05) is 12.6 Å². The second kappa shape index (κ2) is 6.68. The number of piperidine rings is 1. The van der Waals surface area contributed by atoms with Crippen LogP contribution in [0.4, 0.5) is 0 Å². The predicted octanol–water partition coefficient (Wildman–Crippen LogP) is 3.11. The molecule has 1 unspecified atom stereocenters. The molecule has 1 N–H and O–H groups in total. The second-order valence-electron chi connectivity index (χ2n) is 4.64. The van der Waals surface area contributed by atoms with E-state index < -0.39 is 0 Å². The Bertz CT molecular complexity index is 407. The average molecular weight is 331 g/mol. The van der Waals surface area contributed by atoms with E-state index in [1.54, 1.807) is 0 Å². The zero-order chi connectivity index (χ0) is 13.0. The number of nitrogens with one attached hydrogen (secondary N) is 1. The summed E-state index contributed by atoms with van der Waals surface area (Å²) in [5, 5.41) is 3.18. The molecule has 2 heterocycles. The van der Waals surface area contributed by atoms with E-state index >= 15 is 0 Å². The third-order valence-corrected chi connectivity index (χ3v) is 5.01. The quantitative estimate of drug-likeness (QED) is 0.919. The van der Waals surface area contributed by atoms with E-state index in [0.717, 1.165) is 41.0 Å². The summed E-state index contributed by atoms with van der Waals surface area (Å²) >= 11 is 4.94. The van der Waals surface area contributed by atoms with E-state index in [4.69, 9.17) is 0 Å². The van der Waals surface area contributed by atoms with Crippen LogP contribution in [0.25, 0.3) is 0 Å². The van der Waals surface area contributed by atoms with Gasteiger partial charge in [0.25, 0.3) is 5.91 Å². The van der Waals surface area contributed by atoms with Crippen molar-refractivity contribution in [3.05, 3.63) is 20.8 Å². The fourth-order valence-corrected chi connectivity index (χ4v) is 3.79. The molecule has 2 rings (SSSR count). The van der Waals surface area contributed by atoms with Crippen molar-refractivity contribution >= 4 is 33.2 Å². The van der Waals surface area contributed by atoms with Crippen molar-refractivity contribution in [2.75, 3.05) is 20.1 Å². The molecule has 0 aromatic carbocycles. The van der Waals surface area contributed by atoms with Crippen LogP contribution < -0.4 is 5.32 Å². The third kappa shape index (κ3) is 3.33. The number of thiophene rings is 1. The first-order chi connectivity index (χ1) is 8.72. The number of nitrogens with zero attached hydrogens (tertiary/aromatic N) is 1. The summed E-state index contributed by atoms with van der Waals surface area (Å²) in [7, 11) is 1.96. The minimum atomic E-state index is 0.200. The summed E-state index contributed by atoms with van der Waals surface area (Å²) in [5.74, 6) is 0.200. The number of hydrogen-bond acceptors (Lipinski definition) is 3. The zero-order valence-corrected chi connectivity index (χ0v) is 13.0. The molecule has 0 saturated carbocycles. The van der Waals surface area contributed by atoms with E-state index in [1.165, 1.54) is 17.8 Å². The number of rotatable bonds is 4. The molecular formula is C13H19BrN2OS. The van der Waals surface area contributed by atoms with Gasteiger partial charge in [0.15, 0.2) is 0 Å². The molecule has 0 radical (unpaired) electrons. The smallest absolute Gasteiger partial charge is 0.264 e. The average Bonchev–Trinajstić information content (AvgIpc) is 2.82. The van der Waals surface area contributed by atoms with Crippen molar-refractivity contribution in [1.29, 1.82) is 0 Å². The first-order valence-electron chi connectivity index (χ1n) is 6.43. The number of carbonyl (C=O) groups excluding carboxylic acids is 1. The molecule has 1 saturated heterocycles. The normalized spacial score (nSPS) is 20.1. The summed E-state index contributed by atoms with van der Waals surface area (Å²) in [6.45, 7) is 1.88. The van der Waals surface area contributed by atoms with Gasteiger partial charge in [0.2, 0.25) is 0 Å². The Hall–Kier alpha value is -0.390. The Labute approximate surface area is 121 Å². The molecule has 0 spiro atoms. The fraction of sp³-hybridized carbons (Fsp3) is 0.615. The first kappa shape index (κ1) is 14.0. The number of likely N-dealkylation sites (tertiary alicyclic amines) is 1. The molecule has 3 nitrogen and oxygen atoms in total. The van der Waals surface area contributed by atoms with E-state index in [9.17, 15) is 4.79 Å². The maximum absolute atomic E-state index is 12.5. The maximum Gasteiger partial charge on any atom is 0.264 e. The van der Waals surface area contributed by atoms with Crippen LogP contribution >= 0.6 is 27.3 Å². The van der Waals surface area contributed by atoms with E-state index in [0.29, 0.717) is 6.04 Å². The number of amides is 1. The van der Waals surface area contributed by atoms with Crippen LogP contribution in [0.3, 0.4) is 0 Å². The van der Waals surface area contributed by atoms with Crippen molar-refractivity contribution in [1.82, 2.24) is 10.2 Å². The van der Waals surface area contributed by atoms with Gasteiger partial charge >= 0.3 is 0 Å². The second-order valence-corrected chi connectivity index (χ2v) is 7.11. The van der Waals surface area contributed by atoms with E-state index in [2.05, 4.69) is 26.1 Å². The first-order valence-corrected chi connectivity index (χ1v) is 8.04. The Morgan fingerprint density at radius 3 is 3.06 bits per heavy atom. The molecule has 1 aliphatic rings. The number of carbonyl (C=O) groups is 1. The monoisotopic (exact) mass is 330 g/mol. The highest BCUT2D eigenvalue weighted by molar-refractivity contribution is 9.11. The standard InChI is InChI=1S/C13H19BrN2OS/c1-15-8-7-10-4-2-3-9-16(10)13(17)11-5-6-12(14)18-11/h5-6,10,15H,2-4,7-9H2,1H3. The van der Waals surface area contributed by atoms with Gasteiger partial charge in [0.05, 0.1) is 8.66 Å². The predicted molar refractivity (Wildman–Crippen MR) is 79.2 cm³/mol. The number of halogens is 1. The lowest BCUT2D eigenvalue weighted by Gasteiger charge is -2.35. The summed E-state index contributed by atoms with van der Waals surface area (Å²) in [6, 6.07) is 4.27. The fourth-order valence-electron chi connectivity index (χ4n) is 2.45. The third-order valence-electron chi connectivity index (χ3n) is 3.40. The molecule has 1 aliphatic heterocycles. The minimum Gasteiger partial charge on any atom is -0.335 e. The molecule has 1 amide bonds. The minimum absolute atomic E-state index is 0.200. The van der Waals surface area contributed by atoms with Crippen LogP contribution in [-0.2, 0) is 0 Å². The van der Waals surface area contributed by atoms with E-state index in [1.807, 2.05) is 19.2 Å². The van der Waals surface area contributed by atoms with Crippen LogP contribution in [0.5, 0.6) is 0 Å². The Kier molecular flexibility index (Phi) is 5.21. The molecule has 1 fully saturated rings. The zero-order valence-electron chi connectivity index (χ0n) is 10.6.